The summed E-state index contributed by atoms with van der Waals surface area (Å²) < 4.78 is 17.6. The van der Waals surface area contributed by atoms with Crippen LogP contribution in [0.4, 0.5) is 0 Å². The standard InChI is InChI=1S/C12H28N2O3Si/c1-5-15-18(16-6-2,17-7-3)12-14-10-8-13(4)9-11-14/h5-12H2,1-4H3. The first kappa shape index (κ1) is 16.1. The highest BCUT2D eigenvalue weighted by Crippen LogP contribution is 2.13. The lowest BCUT2D eigenvalue weighted by atomic mass is 10.4. The SMILES string of the molecule is CCO[Si](CN1CCN(C)CC1)(OCC)OCC. The normalized spacial score (nSPS) is 19.3. The van der Waals surface area contributed by atoms with Gasteiger partial charge in [-0.2, -0.15) is 0 Å². The van der Waals surface area contributed by atoms with Crippen LogP contribution in [0.2, 0.25) is 0 Å². The molecule has 108 valence electrons. The molecule has 1 saturated heterocycles. The van der Waals surface area contributed by atoms with Crippen LogP contribution in [0.3, 0.4) is 0 Å². The minimum absolute atomic E-state index is 0.653. The van der Waals surface area contributed by atoms with Gasteiger partial charge >= 0.3 is 8.80 Å². The van der Waals surface area contributed by atoms with E-state index in [1.165, 1.54) is 0 Å². The third-order valence-corrected chi connectivity index (χ3v) is 6.13. The maximum atomic E-state index is 5.88. The Balaban J connectivity index is 2.57. The van der Waals surface area contributed by atoms with Crippen molar-refractivity contribution in [2.45, 2.75) is 20.8 Å². The monoisotopic (exact) mass is 276 g/mol. The lowest BCUT2D eigenvalue weighted by Gasteiger charge is -2.37. The Bertz CT molecular complexity index is 206. The second-order valence-electron chi connectivity index (χ2n) is 4.56. The fourth-order valence-corrected chi connectivity index (χ4v) is 4.91. The Morgan fingerprint density at radius 2 is 1.28 bits per heavy atom. The van der Waals surface area contributed by atoms with Crippen LogP contribution in [0, 0.1) is 0 Å². The van der Waals surface area contributed by atoms with Gasteiger partial charge in [0.05, 0.1) is 6.17 Å². The molecule has 5 nitrogen and oxygen atoms in total. The average molecular weight is 276 g/mol. The molecular formula is C12H28N2O3Si. The molecule has 0 atom stereocenters. The van der Waals surface area contributed by atoms with Gasteiger partial charge in [-0.3, -0.25) is 4.90 Å². The van der Waals surface area contributed by atoms with Crippen molar-refractivity contribution in [1.82, 2.24) is 9.80 Å². The Hall–Kier alpha value is 0.0169. The highest BCUT2D eigenvalue weighted by molar-refractivity contribution is 6.60. The van der Waals surface area contributed by atoms with Crippen LogP contribution in [0.5, 0.6) is 0 Å². The molecule has 0 aromatic heterocycles. The summed E-state index contributed by atoms with van der Waals surface area (Å²) in [5, 5.41) is 0. The highest BCUT2D eigenvalue weighted by atomic mass is 28.4. The molecule has 1 aliphatic heterocycles. The van der Waals surface area contributed by atoms with E-state index in [9.17, 15) is 0 Å². The van der Waals surface area contributed by atoms with Gasteiger partial charge < -0.3 is 18.2 Å². The summed E-state index contributed by atoms with van der Waals surface area (Å²) in [6, 6.07) is 0. The molecule has 0 radical (unpaired) electrons. The summed E-state index contributed by atoms with van der Waals surface area (Å²) in [6.45, 7) is 12.3. The van der Waals surface area contributed by atoms with E-state index < -0.39 is 8.80 Å². The maximum absolute atomic E-state index is 5.88. The van der Waals surface area contributed by atoms with E-state index in [2.05, 4.69) is 16.8 Å². The molecule has 1 aliphatic rings. The summed E-state index contributed by atoms with van der Waals surface area (Å²) in [5.74, 6) is 0. The van der Waals surface area contributed by atoms with Crippen LogP contribution in [-0.2, 0) is 13.3 Å². The zero-order chi connectivity index (χ0) is 13.4. The summed E-state index contributed by atoms with van der Waals surface area (Å²) in [4.78, 5) is 4.76. The molecule has 0 saturated carbocycles. The second-order valence-corrected chi connectivity index (χ2v) is 7.11. The molecule has 18 heavy (non-hydrogen) atoms. The van der Waals surface area contributed by atoms with Crippen molar-refractivity contribution in [3.05, 3.63) is 0 Å². The molecule has 6 heteroatoms. The molecule has 1 rings (SSSR count). The first-order valence-corrected chi connectivity index (χ1v) is 8.91. The lowest BCUT2D eigenvalue weighted by molar-refractivity contribution is 0.0494. The molecule has 0 spiro atoms. The minimum atomic E-state index is -2.50. The Morgan fingerprint density at radius 3 is 1.67 bits per heavy atom. The molecule has 0 aromatic carbocycles. The van der Waals surface area contributed by atoms with Crippen molar-refractivity contribution in [3.8, 4) is 0 Å². The van der Waals surface area contributed by atoms with Crippen LogP contribution < -0.4 is 0 Å². The predicted molar refractivity (Wildman–Crippen MR) is 74.6 cm³/mol. The Morgan fingerprint density at radius 1 is 0.833 bits per heavy atom. The molecule has 0 aromatic rings. The van der Waals surface area contributed by atoms with Crippen LogP contribution in [-0.4, -0.2) is 77.8 Å². The quantitative estimate of drug-likeness (QED) is 0.613. The van der Waals surface area contributed by atoms with Crippen molar-refractivity contribution >= 4 is 8.80 Å². The average Bonchev–Trinajstić information content (AvgIpc) is 2.33. The van der Waals surface area contributed by atoms with Crippen molar-refractivity contribution in [2.24, 2.45) is 0 Å². The summed E-state index contributed by atoms with van der Waals surface area (Å²) in [7, 11) is -0.335. The van der Waals surface area contributed by atoms with Gasteiger partial charge in [0.25, 0.3) is 0 Å². The van der Waals surface area contributed by atoms with Crippen LogP contribution >= 0.6 is 0 Å². The minimum Gasteiger partial charge on any atom is -0.373 e. The third-order valence-electron chi connectivity index (χ3n) is 3.11. The van der Waals surface area contributed by atoms with Crippen molar-refractivity contribution in [1.29, 1.82) is 0 Å². The van der Waals surface area contributed by atoms with Crippen LogP contribution in [0.1, 0.15) is 20.8 Å². The van der Waals surface area contributed by atoms with Gasteiger partial charge in [-0.05, 0) is 27.8 Å². The van der Waals surface area contributed by atoms with E-state index in [1.807, 2.05) is 20.8 Å². The summed E-state index contributed by atoms with van der Waals surface area (Å²) >= 11 is 0. The van der Waals surface area contributed by atoms with Crippen molar-refractivity contribution in [3.63, 3.8) is 0 Å². The van der Waals surface area contributed by atoms with Gasteiger partial charge in [0.2, 0.25) is 0 Å². The number of hydrogen-bond donors (Lipinski definition) is 0. The molecule has 1 fully saturated rings. The fourth-order valence-electron chi connectivity index (χ4n) is 2.20. The fraction of sp³-hybridized carbons (Fsp3) is 1.00. The topological polar surface area (TPSA) is 34.2 Å². The smallest absolute Gasteiger partial charge is 0.373 e. The van der Waals surface area contributed by atoms with Crippen LogP contribution in [0.25, 0.3) is 0 Å². The molecule has 0 aliphatic carbocycles. The third kappa shape index (κ3) is 4.95. The van der Waals surface area contributed by atoms with Crippen molar-refractivity contribution in [2.75, 3.05) is 59.2 Å². The van der Waals surface area contributed by atoms with E-state index in [0.29, 0.717) is 19.8 Å². The van der Waals surface area contributed by atoms with E-state index in [4.69, 9.17) is 13.3 Å². The molecule has 0 unspecified atom stereocenters. The largest absolute Gasteiger partial charge is 0.515 e. The first-order valence-electron chi connectivity index (χ1n) is 6.98. The van der Waals surface area contributed by atoms with Crippen molar-refractivity contribution < 1.29 is 13.3 Å². The molecule has 0 amide bonds. The Labute approximate surface area is 112 Å². The van der Waals surface area contributed by atoms with E-state index in [-0.39, 0.29) is 0 Å². The molecule has 0 bridgehead atoms. The van der Waals surface area contributed by atoms with E-state index in [1.54, 1.807) is 0 Å². The number of piperazine rings is 1. The molecule has 1 heterocycles. The zero-order valence-electron chi connectivity index (χ0n) is 12.3. The van der Waals surface area contributed by atoms with Gasteiger partial charge in [0, 0.05) is 46.0 Å². The van der Waals surface area contributed by atoms with Crippen LogP contribution in [0.15, 0.2) is 0 Å². The molecular weight excluding hydrogens is 248 g/mol. The van der Waals surface area contributed by atoms with Gasteiger partial charge in [-0.1, -0.05) is 0 Å². The summed E-state index contributed by atoms with van der Waals surface area (Å²) in [5.41, 5.74) is 0. The Kier molecular flexibility index (Phi) is 7.36. The van der Waals surface area contributed by atoms with Gasteiger partial charge in [0.1, 0.15) is 0 Å². The van der Waals surface area contributed by atoms with E-state index in [0.717, 1.165) is 32.3 Å². The van der Waals surface area contributed by atoms with Gasteiger partial charge in [-0.25, -0.2) is 0 Å². The number of rotatable bonds is 8. The van der Waals surface area contributed by atoms with Gasteiger partial charge in [-0.15, -0.1) is 0 Å². The number of nitrogens with zero attached hydrogens (tertiary/aromatic N) is 2. The number of likely N-dealkylation sites (N-methyl/N-ethyl adjacent to an activating group) is 1. The zero-order valence-corrected chi connectivity index (χ0v) is 13.3. The summed E-state index contributed by atoms with van der Waals surface area (Å²) in [6.07, 6.45) is 0.816. The van der Waals surface area contributed by atoms with Gasteiger partial charge in [0.15, 0.2) is 0 Å². The second kappa shape index (κ2) is 8.24. The lowest BCUT2D eigenvalue weighted by Crippen LogP contribution is -2.58. The highest BCUT2D eigenvalue weighted by Gasteiger charge is 2.42. The maximum Gasteiger partial charge on any atom is 0.515 e. The van der Waals surface area contributed by atoms with E-state index >= 15 is 0 Å². The number of hydrogen-bond acceptors (Lipinski definition) is 5. The molecule has 0 N–H and O–H groups in total. The predicted octanol–water partition coefficient (Wildman–Crippen LogP) is 0.821. The first-order chi connectivity index (χ1) is 8.65.